The number of carbonyl (C=O) groups is 1. The molecule has 0 radical (unpaired) electrons. The first-order valence-corrected chi connectivity index (χ1v) is 11.1. The lowest BCUT2D eigenvalue weighted by Crippen LogP contribution is -2.20. The van der Waals surface area contributed by atoms with E-state index in [9.17, 15) is 13.2 Å². The maximum Gasteiger partial charge on any atom is 0.262 e. The Morgan fingerprint density at radius 2 is 1.71 bits per heavy atom. The van der Waals surface area contributed by atoms with Gasteiger partial charge in [-0.3, -0.25) is 9.52 Å². The topological polar surface area (TPSA) is 93.7 Å². The molecule has 7 nitrogen and oxygen atoms in total. The van der Waals surface area contributed by atoms with Gasteiger partial charge >= 0.3 is 0 Å². The fraction of sp³-hybridized carbons (Fsp3) is 0.136. The van der Waals surface area contributed by atoms with Crippen LogP contribution in [0, 0.1) is 6.92 Å². The molecular formula is C22H21ClN2O5S. The second-order valence-electron chi connectivity index (χ2n) is 6.56. The van der Waals surface area contributed by atoms with Crippen LogP contribution in [-0.4, -0.2) is 28.0 Å². The summed E-state index contributed by atoms with van der Waals surface area (Å²) in [6, 6.07) is 17.6. The molecule has 0 fully saturated rings. The molecular weight excluding hydrogens is 440 g/mol. The van der Waals surface area contributed by atoms with Crippen molar-refractivity contribution in [3.8, 4) is 11.5 Å². The van der Waals surface area contributed by atoms with E-state index in [1.54, 1.807) is 49.4 Å². The predicted molar refractivity (Wildman–Crippen MR) is 121 cm³/mol. The Morgan fingerprint density at radius 3 is 2.42 bits per heavy atom. The van der Waals surface area contributed by atoms with Crippen LogP contribution in [-0.2, 0) is 14.8 Å². The molecule has 3 aromatic rings. The van der Waals surface area contributed by atoms with Crippen LogP contribution in [0.1, 0.15) is 5.56 Å². The van der Waals surface area contributed by atoms with Crippen molar-refractivity contribution in [1.82, 2.24) is 0 Å². The number of rotatable bonds is 8. The van der Waals surface area contributed by atoms with Crippen LogP contribution in [0.25, 0.3) is 0 Å². The predicted octanol–water partition coefficient (Wildman–Crippen LogP) is 4.48. The Labute approximate surface area is 186 Å². The molecule has 31 heavy (non-hydrogen) atoms. The number of benzene rings is 3. The van der Waals surface area contributed by atoms with Crippen LogP contribution in [0.4, 0.5) is 11.4 Å². The third kappa shape index (κ3) is 5.90. The number of ether oxygens (including phenoxy) is 2. The third-order valence-electron chi connectivity index (χ3n) is 4.37. The minimum atomic E-state index is -3.79. The molecule has 0 aliphatic heterocycles. The SMILES string of the molecule is COc1cccc(NS(=O)(=O)c2ccc(OCC(=O)Nc3cccc(Cl)c3C)cc2)c1. The Hall–Kier alpha value is -3.23. The van der Waals surface area contributed by atoms with E-state index in [-0.39, 0.29) is 17.4 Å². The summed E-state index contributed by atoms with van der Waals surface area (Å²) >= 11 is 6.05. The number of anilines is 2. The summed E-state index contributed by atoms with van der Waals surface area (Å²) in [5.74, 6) is 0.537. The van der Waals surface area contributed by atoms with E-state index in [0.717, 1.165) is 5.56 Å². The molecule has 0 spiro atoms. The van der Waals surface area contributed by atoms with Gasteiger partial charge in [0.15, 0.2) is 6.61 Å². The Balaban J connectivity index is 1.60. The summed E-state index contributed by atoms with van der Waals surface area (Å²) in [7, 11) is -2.29. The second kappa shape index (κ2) is 9.72. The van der Waals surface area contributed by atoms with Gasteiger partial charge in [-0.15, -0.1) is 0 Å². The van der Waals surface area contributed by atoms with Crippen molar-refractivity contribution in [2.24, 2.45) is 0 Å². The Kier molecular flexibility index (Phi) is 7.04. The van der Waals surface area contributed by atoms with Gasteiger partial charge in [0.1, 0.15) is 11.5 Å². The van der Waals surface area contributed by atoms with Crippen molar-refractivity contribution in [1.29, 1.82) is 0 Å². The molecule has 1 amide bonds. The van der Waals surface area contributed by atoms with Gasteiger partial charge in [-0.1, -0.05) is 23.7 Å². The zero-order valence-electron chi connectivity index (χ0n) is 16.9. The minimum absolute atomic E-state index is 0.0571. The largest absolute Gasteiger partial charge is 0.497 e. The first kappa shape index (κ1) is 22.5. The van der Waals surface area contributed by atoms with E-state index in [2.05, 4.69) is 10.0 Å². The molecule has 0 aromatic heterocycles. The average Bonchev–Trinajstić information content (AvgIpc) is 2.75. The quantitative estimate of drug-likeness (QED) is 0.517. The van der Waals surface area contributed by atoms with Gasteiger partial charge in [-0.25, -0.2) is 8.42 Å². The lowest BCUT2D eigenvalue weighted by atomic mass is 10.2. The molecule has 0 aliphatic carbocycles. The molecule has 3 rings (SSSR count). The molecule has 2 N–H and O–H groups in total. The normalized spacial score (nSPS) is 10.9. The number of hydrogen-bond donors (Lipinski definition) is 2. The highest BCUT2D eigenvalue weighted by atomic mass is 35.5. The highest BCUT2D eigenvalue weighted by Crippen LogP contribution is 2.24. The number of amides is 1. The molecule has 0 aliphatic rings. The molecule has 0 saturated heterocycles. The standard InChI is InChI=1S/C22H21ClN2O5S/c1-15-20(23)7-4-8-21(15)24-22(26)14-30-17-9-11-19(12-10-17)31(27,28)25-16-5-3-6-18(13-16)29-2/h3-13,25H,14H2,1-2H3,(H,24,26). The van der Waals surface area contributed by atoms with Crippen LogP contribution in [0.2, 0.25) is 5.02 Å². The highest BCUT2D eigenvalue weighted by Gasteiger charge is 2.15. The Morgan fingerprint density at radius 1 is 1.00 bits per heavy atom. The number of hydrogen-bond acceptors (Lipinski definition) is 5. The van der Waals surface area contributed by atoms with Gasteiger partial charge in [0.05, 0.1) is 17.7 Å². The number of halogens is 1. The van der Waals surface area contributed by atoms with E-state index in [1.165, 1.54) is 31.4 Å². The van der Waals surface area contributed by atoms with Crippen LogP contribution in [0.3, 0.4) is 0 Å². The van der Waals surface area contributed by atoms with Crippen molar-refractivity contribution in [2.75, 3.05) is 23.8 Å². The first-order valence-electron chi connectivity index (χ1n) is 9.23. The van der Waals surface area contributed by atoms with E-state index in [0.29, 0.717) is 27.9 Å². The molecule has 3 aromatic carbocycles. The summed E-state index contributed by atoms with van der Waals surface area (Å²) in [6.07, 6.45) is 0. The number of methoxy groups -OCH3 is 1. The van der Waals surface area contributed by atoms with Gasteiger partial charge in [0, 0.05) is 16.8 Å². The van der Waals surface area contributed by atoms with E-state index >= 15 is 0 Å². The zero-order chi connectivity index (χ0) is 22.4. The van der Waals surface area contributed by atoms with Gasteiger partial charge in [0.25, 0.3) is 15.9 Å². The summed E-state index contributed by atoms with van der Waals surface area (Å²) < 4.78 is 38.2. The second-order valence-corrected chi connectivity index (χ2v) is 8.65. The molecule has 0 saturated carbocycles. The lowest BCUT2D eigenvalue weighted by molar-refractivity contribution is -0.118. The lowest BCUT2D eigenvalue weighted by Gasteiger charge is -2.11. The van der Waals surface area contributed by atoms with Crippen LogP contribution >= 0.6 is 11.6 Å². The zero-order valence-corrected chi connectivity index (χ0v) is 18.5. The number of carbonyl (C=O) groups excluding carboxylic acids is 1. The maximum atomic E-state index is 12.6. The molecule has 0 atom stereocenters. The first-order chi connectivity index (χ1) is 14.8. The molecule has 0 bridgehead atoms. The molecule has 0 heterocycles. The summed E-state index contributed by atoms with van der Waals surface area (Å²) in [4.78, 5) is 12.2. The minimum Gasteiger partial charge on any atom is -0.497 e. The molecule has 162 valence electrons. The monoisotopic (exact) mass is 460 g/mol. The van der Waals surface area contributed by atoms with Gasteiger partial charge in [-0.2, -0.15) is 0 Å². The van der Waals surface area contributed by atoms with Crippen molar-refractivity contribution in [3.63, 3.8) is 0 Å². The van der Waals surface area contributed by atoms with Crippen molar-refractivity contribution < 1.29 is 22.7 Å². The maximum absolute atomic E-state index is 12.6. The Bertz CT molecular complexity index is 1180. The number of sulfonamides is 1. The van der Waals surface area contributed by atoms with Crippen molar-refractivity contribution >= 4 is 38.9 Å². The van der Waals surface area contributed by atoms with Crippen molar-refractivity contribution in [2.45, 2.75) is 11.8 Å². The number of nitrogens with one attached hydrogen (secondary N) is 2. The van der Waals surface area contributed by atoms with Crippen molar-refractivity contribution in [3.05, 3.63) is 77.3 Å². The smallest absolute Gasteiger partial charge is 0.262 e. The highest BCUT2D eigenvalue weighted by molar-refractivity contribution is 7.92. The van der Waals surface area contributed by atoms with E-state index in [1.807, 2.05) is 0 Å². The molecule has 9 heteroatoms. The van der Waals surface area contributed by atoms with Crippen LogP contribution in [0.15, 0.2) is 71.6 Å². The molecule has 0 unspecified atom stereocenters. The van der Waals surface area contributed by atoms with Gasteiger partial charge in [0.2, 0.25) is 0 Å². The summed E-state index contributed by atoms with van der Waals surface area (Å²) in [5, 5.41) is 3.28. The third-order valence-corrected chi connectivity index (χ3v) is 6.17. The summed E-state index contributed by atoms with van der Waals surface area (Å²) in [5.41, 5.74) is 1.74. The fourth-order valence-corrected chi connectivity index (χ4v) is 3.92. The van der Waals surface area contributed by atoms with E-state index < -0.39 is 10.0 Å². The van der Waals surface area contributed by atoms with Gasteiger partial charge in [-0.05, 0) is 61.0 Å². The average molecular weight is 461 g/mol. The fourth-order valence-electron chi connectivity index (χ4n) is 2.69. The van der Waals surface area contributed by atoms with E-state index in [4.69, 9.17) is 21.1 Å². The van der Waals surface area contributed by atoms with Crippen LogP contribution < -0.4 is 19.5 Å². The summed E-state index contributed by atoms with van der Waals surface area (Å²) in [6.45, 7) is 1.57. The van der Waals surface area contributed by atoms with Crippen LogP contribution in [0.5, 0.6) is 11.5 Å². The van der Waals surface area contributed by atoms with Gasteiger partial charge < -0.3 is 14.8 Å².